The Labute approximate surface area is 111 Å². The van der Waals surface area contributed by atoms with Gasteiger partial charge in [-0.15, -0.1) is 0 Å². The first-order valence-electron chi connectivity index (χ1n) is 6.04. The zero-order valence-electron chi connectivity index (χ0n) is 10.9. The van der Waals surface area contributed by atoms with Gasteiger partial charge in [0.25, 0.3) is 0 Å². The maximum Gasteiger partial charge on any atom is 0.238 e. The summed E-state index contributed by atoms with van der Waals surface area (Å²) in [7, 11) is 0. The summed E-state index contributed by atoms with van der Waals surface area (Å²) in [4.78, 5) is 23.4. The fourth-order valence-electron chi connectivity index (χ4n) is 2.26. The molecule has 0 bridgehead atoms. The van der Waals surface area contributed by atoms with Crippen molar-refractivity contribution < 1.29 is 9.59 Å². The van der Waals surface area contributed by atoms with Gasteiger partial charge in [-0.25, -0.2) is 0 Å². The Hall–Kier alpha value is -2.35. The van der Waals surface area contributed by atoms with Crippen LogP contribution in [0.5, 0.6) is 0 Å². The van der Waals surface area contributed by atoms with Crippen LogP contribution in [-0.2, 0) is 21.5 Å². The lowest BCUT2D eigenvalue weighted by molar-refractivity contribution is -0.126. The smallest absolute Gasteiger partial charge is 0.238 e. The van der Waals surface area contributed by atoms with Crippen LogP contribution >= 0.6 is 0 Å². The molecule has 1 aliphatic heterocycles. The molecule has 0 atom stereocenters. The molecule has 0 aromatic heterocycles. The second-order valence-electron chi connectivity index (χ2n) is 5.02. The molecule has 5 heteroatoms. The highest BCUT2D eigenvalue weighted by molar-refractivity contribution is 5.95. The number of rotatable bonds is 2. The first-order chi connectivity index (χ1) is 8.96. The zero-order valence-corrected chi connectivity index (χ0v) is 10.9. The molecule has 0 radical (unpaired) electrons. The zero-order chi connectivity index (χ0) is 14.0. The van der Waals surface area contributed by atoms with Crippen LogP contribution in [-0.4, -0.2) is 11.8 Å². The number of carbonyl (C=O) groups excluding carboxylic acids is 2. The number of carbonyl (C=O) groups is 2. The number of hydrogen-bond donors (Lipinski definition) is 2. The lowest BCUT2D eigenvalue weighted by Crippen LogP contribution is -2.45. The average Bonchev–Trinajstić information content (AvgIpc) is 2.35. The predicted molar refractivity (Wildman–Crippen MR) is 70.2 cm³/mol. The second kappa shape index (κ2) is 4.73. The van der Waals surface area contributed by atoms with Crippen molar-refractivity contribution in [2.24, 2.45) is 0 Å². The van der Waals surface area contributed by atoms with Crippen LogP contribution in [0.25, 0.3) is 0 Å². The van der Waals surface area contributed by atoms with Crippen LogP contribution in [0.3, 0.4) is 0 Å². The van der Waals surface area contributed by atoms with E-state index in [0.29, 0.717) is 12.2 Å². The number of anilines is 1. The van der Waals surface area contributed by atoms with E-state index in [1.165, 1.54) is 0 Å². The molecule has 1 aromatic rings. The summed E-state index contributed by atoms with van der Waals surface area (Å²) >= 11 is 0. The molecular formula is C14H15N3O2. The third kappa shape index (κ3) is 2.29. The minimum absolute atomic E-state index is 0.0273. The summed E-state index contributed by atoms with van der Waals surface area (Å²) in [5, 5.41) is 14.0. The number of hydrogen-bond acceptors (Lipinski definition) is 3. The van der Waals surface area contributed by atoms with E-state index >= 15 is 0 Å². The fraction of sp³-hybridized carbons (Fsp3) is 0.357. The van der Waals surface area contributed by atoms with E-state index < -0.39 is 5.41 Å². The number of benzene rings is 1. The van der Waals surface area contributed by atoms with E-state index in [0.717, 1.165) is 11.1 Å². The van der Waals surface area contributed by atoms with Gasteiger partial charge in [0.1, 0.15) is 6.42 Å². The summed E-state index contributed by atoms with van der Waals surface area (Å²) in [6.07, 6.45) is -0.181. The standard InChI is InChI=1S/C14H15N3O2/c1-14(2)10-4-3-5-11(17-12(18)6-7-15)9(10)8-16-13(14)19/h3-5H,6,8H2,1-2H3,(H,16,19)(H,17,18). The molecule has 98 valence electrons. The summed E-state index contributed by atoms with van der Waals surface area (Å²) < 4.78 is 0. The largest absolute Gasteiger partial charge is 0.351 e. The summed E-state index contributed by atoms with van der Waals surface area (Å²) in [5.41, 5.74) is 1.85. The number of fused-ring (bicyclic) bond motifs is 1. The van der Waals surface area contributed by atoms with Crippen molar-refractivity contribution in [3.63, 3.8) is 0 Å². The monoisotopic (exact) mass is 257 g/mol. The number of amides is 2. The van der Waals surface area contributed by atoms with Crippen molar-refractivity contribution in [2.75, 3.05) is 5.32 Å². The quantitative estimate of drug-likeness (QED) is 0.841. The Morgan fingerprint density at radius 3 is 2.95 bits per heavy atom. The molecule has 0 saturated carbocycles. The van der Waals surface area contributed by atoms with Crippen molar-refractivity contribution in [1.29, 1.82) is 5.26 Å². The summed E-state index contributed by atoms with van der Waals surface area (Å²) in [5.74, 6) is -0.369. The Bertz CT molecular complexity index is 585. The van der Waals surface area contributed by atoms with E-state index in [9.17, 15) is 9.59 Å². The third-order valence-electron chi connectivity index (χ3n) is 3.36. The third-order valence-corrected chi connectivity index (χ3v) is 3.36. The second-order valence-corrected chi connectivity index (χ2v) is 5.02. The molecule has 2 amide bonds. The van der Waals surface area contributed by atoms with E-state index in [1.807, 2.05) is 26.0 Å². The maximum absolute atomic E-state index is 11.9. The lowest BCUT2D eigenvalue weighted by atomic mass is 9.78. The van der Waals surface area contributed by atoms with Gasteiger partial charge >= 0.3 is 0 Å². The minimum atomic E-state index is -0.621. The van der Waals surface area contributed by atoms with Gasteiger partial charge in [-0.3, -0.25) is 9.59 Å². The number of nitriles is 1. The molecule has 5 nitrogen and oxygen atoms in total. The van der Waals surface area contributed by atoms with E-state index in [-0.39, 0.29) is 18.2 Å². The van der Waals surface area contributed by atoms with Gasteiger partial charge in [-0.1, -0.05) is 12.1 Å². The van der Waals surface area contributed by atoms with Crippen molar-refractivity contribution in [3.8, 4) is 6.07 Å². The van der Waals surface area contributed by atoms with Gasteiger partial charge in [0.15, 0.2) is 0 Å². The highest BCUT2D eigenvalue weighted by Crippen LogP contribution is 2.34. The van der Waals surface area contributed by atoms with Crippen LogP contribution in [0.2, 0.25) is 0 Å². The normalized spacial score (nSPS) is 15.9. The van der Waals surface area contributed by atoms with Gasteiger partial charge < -0.3 is 10.6 Å². The molecule has 0 aliphatic carbocycles. The minimum Gasteiger partial charge on any atom is -0.351 e. The Kier molecular flexibility index (Phi) is 3.26. The van der Waals surface area contributed by atoms with Gasteiger partial charge in [-0.05, 0) is 31.0 Å². The van der Waals surface area contributed by atoms with Crippen molar-refractivity contribution in [2.45, 2.75) is 32.2 Å². The summed E-state index contributed by atoms with van der Waals surface area (Å²) in [6.45, 7) is 4.09. The SMILES string of the molecule is CC1(C)C(=O)NCc2c(NC(=O)CC#N)cccc21. The molecule has 2 N–H and O–H groups in total. The van der Waals surface area contributed by atoms with Crippen LogP contribution in [0.1, 0.15) is 31.4 Å². The van der Waals surface area contributed by atoms with E-state index in [1.54, 1.807) is 12.1 Å². The molecule has 1 aliphatic rings. The average molecular weight is 257 g/mol. The van der Waals surface area contributed by atoms with Crippen molar-refractivity contribution in [3.05, 3.63) is 29.3 Å². The van der Waals surface area contributed by atoms with Gasteiger partial charge in [0.05, 0.1) is 11.5 Å². The molecule has 0 fully saturated rings. The van der Waals surface area contributed by atoms with Crippen LogP contribution < -0.4 is 10.6 Å². The molecule has 0 saturated heterocycles. The Balaban J connectivity index is 2.40. The van der Waals surface area contributed by atoms with E-state index in [2.05, 4.69) is 10.6 Å². The topological polar surface area (TPSA) is 82.0 Å². The predicted octanol–water partition coefficient (Wildman–Crippen LogP) is 1.45. The molecule has 19 heavy (non-hydrogen) atoms. The first kappa shape index (κ1) is 13.1. The lowest BCUT2D eigenvalue weighted by Gasteiger charge is -2.32. The highest BCUT2D eigenvalue weighted by atomic mass is 16.2. The first-order valence-corrected chi connectivity index (χ1v) is 6.04. The van der Waals surface area contributed by atoms with Crippen LogP contribution in [0.4, 0.5) is 5.69 Å². The Morgan fingerprint density at radius 2 is 2.26 bits per heavy atom. The molecule has 1 heterocycles. The summed E-state index contributed by atoms with van der Waals surface area (Å²) in [6, 6.07) is 7.29. The van der Waals surface area contributed by atoms with Crippen LogP contribution in [0.15, 0.2) is 18.2 Å². The number of nitrogens with zero attached hydrogens (tertiary/aromatic N) is 1. The number of nitrogens with one attached hydrogen (secondary N) is 2. The van der Waals surface area contributed by atoms with E-state index in [4.69, 9.17) is 5.26 Å². The Morgan fingerprint density at radius 1 is 1.53 bits per heavy atom. The van der Waals surface area contributed by atoms with Crippen molar-refractivity contribution >= 4 is 17.5 Å². The van der Waals surface area contributed by atoms with Crippen LogP contribution in [0, 0.1) is 11.3 Å². The molecule has 0 spiro atoms. The highest BCUT2D eigenvalue weighted by Gasteiger charge is 2.36. The van der Waals surface area contributed by atoms with Gasteiger partial charge in [-0.2, -0.15) is 5.26 Å². The fourth-order valence-corrected chi connectivity index (χ4v) is 2.26. The van der Waals surface area contributed by atoms with Gasteiger partial charge in [0.2, 0.25) is 11.8 Å². The van der Waals surface area contributed by atoms with Gasteiger partial charge in [0, 0.05) is 12.2 Å². The molecule has 1 aromatic carbocycles. The molecule has 2 rings (SSSR count). The molecule has 0 unspecified atom stereocenters. The maximum atomic E-state index is 11.9. The molecular weight excluding hydrogens is 242 g/mol. The van der Waals surface area contributed by atoms with Crippen molar-refractivity contribution in [1.82, 2.24) is 5.32 Å².